The quantitative estimate of drug-likeness (QED) is 0.528. The first-order valence-electron chi connectivity index (χ1n) is 10.9. The molecule has 0 saturated carbocycles. The van der Waals surface area contributed by atoms with Crippen LogP contribution in [0.3, 0.4) is 0 Å². The average molecular weight is 420 g/mol. The predicted octanol–water partition coefficient (Wildman–Crippen LogP) is 4.43. The Labute approximate surface area is 183 Å². The van der Waals surface area contributed by atoms with Gasteiger partial charge in [0.05, 0.1) is 12.0 Å². The van der Waals surface area contributed by atoms with Crippen molar-refractivity contribution in [3.05, 3.63) is 71.7 Å². The Balaban J connectivity index is 1.56. The van der Waals surface area contributed by atoms with E-state index in [0.29, 0.717) is 25.3 Å². The molecule has 4 rings (SSSR count). The van der Waals surface area contributed by atoms with E-state index >= 15 is 0 Å². The Morgan fingerprint density at radius 1 is 1.26 bits per heavy atom. The molecule has 3 aromatic rings. The molecule has 1 aliphatic rings. The van der Waals surface area contributed by atoms with Gasteiger partial charge in [0.25, 0.3) is 0 Å². The number of likely N-dealkylation sites (tertiary alicyclic amines) is 1. The fourth-order valence-electron chi connectivity index (χ4n) is 4.45. The number of carbonyl (C=O) groups excluding carboxylic acids is 1. The second-order valence-corrected chi connectivity index (χ2v) is 8.40. The minimum atomic E-state index is -0.639. The maximum absolute atomic E-state index is 13.1. The van der Waals surface area contributed by atoms with Crippen molar-refractivity contribution in [2.75, 3.05) is 19.7 Å². The predicted molar refractivity (Wildman–Crippen MR) is 118 cm³/mol. The van der Waals surface area contributed by atoms with Crippen LogP contribution < -0.4 is 0 Å². The van der Waals surface area contributed by atoms with Crippen molar-refractivity contribution < 1.29 is 14.1 Å². The number of esters is 1. The highest BCUT2D eigenvalue weighted by Gasteiger charge is 2.44. The van der Waals surface area contributed by atoms with Crippen LogP contribution in [-0.4, -0.2) is 40.7 Å². The van der Waals surface area contributed by atoms with Crippen LogP contribution in [0.2, 0.25) is 0 Å². The third-order valence-corrected chi connectivity index (χ3v) is 5.88. The second kappa shape index (κ2) is 9.43. The van der Waals surface area contributed by atoms with Crippen molar-refractivity contribution in [1.29, 1.82) is 0 Å². The van der Waals surface area contributed by atoms with Crippen molar-refractivity contribution >= 4 is 5.97 Å². The van der Waals surface area contributed by atoms with Crippen molar-refractivity contribution in [2.45, 2.75) is 39.7 Å². The lowest BCUT2D eigenvalue weighted by Crippen LogP contribution is -2.49. The van der Waals surface area contributed by atoms with Gasteiger partial charge in [-0.25, -0.2) is 0 Å². The van der Waals surface area contributed by atoms with Crippen molar-refractivity contribution in [1.82, 2.24) is 15.0 Å². The minimum Gasteiger partial charge on any atom is -0.466 e. The van der Waals surface area contributed by atoms with E-state index in [4.69, 9.17) is 9.26 Å². The highest BCUT2D eigenvalue weighted by Crippen LogP contribution is 2.36. The molecule has 0 bridgehead atoms. The third kappa shape index (κ3) is 5.02. The van der Waals surface area contributed by atoms with Gasteiger partial charge in [-0.15, -0.1) is 0 Å². The van der Waals surface area contributed by atoms with E-state index in [9.17, 15) is 4.79 Å². The largest absolute Gasteiger partial charge is 0.466 e. The summed E-state index contributed by atoms with van der Waals surface area (Å²) < 4.78 is 11.2. The van der Waals surface area contributed by atoms with Gasteiger partial charge in [0.15, 0.2) is 0 Å². The Bertz CT molecular complexity index is 1020. The summed E-state index contributed by atoms with van der Waals surface area (Å²) >= 11 is 0. The summed E-state index contributed by atoms with van der Waals surface area (Å²) in [6, 6.07) is 14.1. The monoisotopic (exact) mass is 419 g/mol. The number of rotatable bonds is 7. The van der Waals surface area contributed by atoms with E-state index in [1.807, 2.05) is 37.4 Å². The van der Waals surface area contributed by atoms with Crippen LogP contribution >= 0.6 is 0 Å². The molecule has 1 saturated heterocycles. The maximum Gasteiger partial charge on any atom is 0.313 e. The SMILES string of the molecule is CCOC(=O)[C@]1(Cc2cc(-c3cccc(C)c3)no2)CCCN(Cc2cccnc2)C1. The zero-order chi connectivity index (χ0) is 21.7. The number of hydrogen-bond donors (Lipinski definition) is 0. The normalized spacial score (nSPS) is 19.3. The van der Waals surface area contributed by atoms with Crippen molar-refractivity contribution in [2.24, 2.45) is 5.41 Å². The zero-order valence-corrected chi connectivity index (χ0v) is 18.2. The first kappa shape index (κ1) is 21.2. The summed E-state index contributed by atoms with van der Waals surface area (Å²) in [6.45, 7) is 6.61. The zero-order valence-electron chi connectivity index (χ0n) is 18.2. The number of aryl methyl sites for hydroxylation is 1. The fraction of sp³-hybridized carbons (Fsp3) is 0.400. The lowest BCUT2D eigenvalue weighted by Gasteiger charge is -2.40. The van der Waals surface area contributed by atoms with E-state index in [0.717, 1.165) is 42.8 Å². The van der Waals surface area contributed by atoms with Gasteiger partial charge in [0.2, 0.25) is 0 Å². The van der Waals surface area contributed by atoms with Crippen LogP contribution in [0.1, 0.15) is 36.7 Å². The second-order valence-electron chi connectivity index (χ2n) is 8.40. The molecular weight excluding hydrogens is 390 g/mol. The standard InChI is InChI=1S/C25H29N3O3/c1-3-30-24(29)25(10-6-12-28(18-25)17-20-8-5-11-26-16-20)15-22-14-23(27-31-22)21-9-4-7-19(2)13-21/h4-5,7-9,11,13-14,16H,3,6,10,12,15,17-18H2,1-2H3/t25-/m0/s1. The van der Waals surface area contributed by atoms with Crippen LogP contribution in [0.4, 0.5) is 0 Å². The molecule has 1 aliphatic heterocycles. The summed E-state index contributed by atoms with van der Waals surface area (Å²) in [5, 5.41) is 4.27. The Hall–Kier alpha value is -2.99. The van der Waals surface area contributed by atoms with Gasteiger partial charge in [0.1, 0.15) is 11.5 Å². The van der Waals surface area contributed by atoms with Gasteiger partial charge in [-0.3, -0.25) is 14.7 Å². The number of benzene rings is 1. The van der Waals surface area contributed by atoms with Crippen LogP contribution in [0.5, 0.6) is 0 Å². The van der Waals surface area contributed by atoms with E-state index in [1.165, 1.54) is 5.56 Å². The molecule has 0 unspecified atom stereocenters. The molecule has 1 fully saturated rings. The first-order valence-corrected chi connectivity index (χ1v) is 10.9. The molecule has 6 heteroatoms. The molecule has 0 N–H and O–H groups in total. The van der Waals surface area contributed by atoms with Gasteiger partial charge < -0.3 is 9.26 Å². The molecule has 1 atom stereocenters. The number of carbonyl (C=O) groups is 1. The molecule has 0 radical (unpaired) electrons. The Morgan fingerprint density at radius 2 is 2.16 bits per heavy atom. The van der Waals surface area contributed by atoms with Crippen molar-refractivity contribution in [3.8, 4) is 11.3 Å². The van der Waals surface area contributed by atoms with Gasteiger partial charge in [-0.1, -0.05) is 35.0 Å². The van der Waals surface area contributed by atoms with Crippen LogP contribution in [0.25, 0.3) is 11.3 Å². The van der Waals surface area contributed by atoms with Gasteiger partial charge in [-0.2, -0.15) is 0 Å². The highest BCUT2D eigenvalue weighted by molar-refractivity contribution is 5.77. The molecule has 162 valence electrons. The molecule has 2 aromatic heterocycles. The van der Waals surface area contributed by atoms with Crippen LogP contribution in [0.15, 0.2) is 59.4 Å². The molecule has 0 spiro atoms. The number of pyridine rings is 1. The first-order chi connectivity index (χ1) is 15.1. The summed E-state index contributed by atoms with van der Waals surface area (Å²) in [5.74, 6) is 0.562. The summed E-state index contributed by atoms with van der Waals surface area (Å²) in [7, 11) is 0. The topological polar surface area (TPSA) is 68.5 Å². The number of hydrogen-bond acceptors (Lipinski definition) is 6. The lowest BCUT2D eigenvalue weighted by atomic mass is 9.76. The molecule has 3 heterocycles. The summed E-state index contributed by atoms with van der Waals surface area (Å²) in [6.07, 6.45) is 5.84. The van der Waals surface area contributed by atoms with E-state index in [-0.39, 0.29) is 5.97 Å². The molecule has 1 aromatic carbocycles. The van der Waals surface area contributed by atoms with Crippen molar-refractivity contribution in [3.63, 3.8) is 0 Å². The van der Waals surface area contributed by atoms with Crippen LogP contribution in [-0.2, 0) is 22.5 Å². The van der Waals surface area contributed by atoms with E-state index in [1.54, 1.807) is 6.20 Å². The van der Waals surface area contributed by atoms with E-state index in [2.05, 4.69) is 40.2 Å². The van der Waals surface area contributed by atoms with E-state index < -0.39 is 5.41 Å². The van der Waals surface area contributed by atoms with Crippen LogP contribution in [0, 0.1) is 12.3 Å². The fourth-order valence-corrected chi connectivity index (χ4v) is 4.45. The summed E-state index contributed by atoms with van der Waals surface area (Å²) in [5.41, 5.74) is 3.48. The number of ether oxygens (including phenoxy) is 1. The number of aromatic nitrogens is 2. The molecule has 31 heavy (non-hydrogen) atoms. The highest BCUT2D eigenvalue weighted by atomic mass is 16.5. The maximum atomic E-state index is 13.1. The number of piperidine rings is 1. The summed E-state index contributed by atoms with van der Waals surface area (Å²) in [4.78, 5) is 19.7. The van der Waals surface area contributed by atoms with Gasteiger partial charge in [0, 0.05) is 43.5 Å². The lowest BCUT2D eigenvalue weighted by molar-refractivity contribution is -0.159. The Kier molecular flexibility index (Phi) is 6.47. The molecule has 0 amide bonds. The third-order valence-electron chi connectivity index (χ3n) is 5.88. The molecule has 0 aliphatic carbocycles. The number of nitrogens with zero attached hydrogens (tertiary/aromatic N) is 3. The smallest absolute Gasteiger partial charge is 0.313 e. The van der Waals surface area contributed by atoms with Gasteiger partial charge >= 0.3 is 5.97 Å². The minimum absolute atomic E-state index is 0.153. The van der Waals surface area contributed by atoms with Gasteiger partial charge in [-0.05, 0) is 50.9 Å². The Morgan fingerprint density at radius 3 is 2.94 bits per heavy atom. The average Bonchev–Trinajstić information content (AvgIpc) is 3.23. The molecule has 6 nitrogen and oxygen atoms in total. The molecular formula is C25H29N3O3.